The van der Waals surface area contributed by atoms with E-state index in [4.69, 9.17) is 9.47 Å². The second kappa shape index (κ2) is 10.9. The van der Waals surface area contributed by atoms with Crippen LogP contribution in [0.4, 0.5) is 11.4 Å². The Kier molecular flexibility index (Phi) is 8.16. The van der Waals surface area contributed by atoms with Gasteiger partial charge in [0.15, 0.2) is 0 Å². The summed E-state index contributed by atoms with van der Waals surface area (Å²) in [4.78, 5) is 23.0. The number of amides is 1. The molecule has 6 nitrogen and oxygen atoms in total. The maximum Gasteiger partial charge on any atom is 0.338 e. The lowest BCUT2D eigenvalue weighted by atomic mass is 10.2. The van der Waals surface area contributed by atoms with Gasteiger partial charge in [-0.25, -0.2) is 4.79 Å². The van der Waals surface area contributed by atoms with Crippen molar-refractivity contribution in [2.45, 2.75) is 26.7 Å². The first-order valence-corrected chi connectivity index (χ1v) is 9.10. The highest BCUT2D eigenvalue weighted by Gasteiger charge is 2.07. The highest BCUT2D eigenvalue weighted by Crippen LogP contribution is 2.15. The Morgan fingerprint density at radius 3 is 2.22 bits per heavy atom. The Morgan fingerprint density at radius 1 is 0.926 bits per heavy atom. The Bertz CT molecular complexity index is 727. The summed E-state index contributed by atoms with van der Waals surface area (Å²) in [5.74, 6) is 0.141. The Hall–Kier alpha value is -3.02. The van der Waals surface area contributed by atoms with Crippen molar-refractivity contribution in [3.8, 4) is 5.75 Å². The molecule has 0 spiro atoms. The molecule has 2 N–H and O–H groups in total. The molecule has 0 aromatic heterocycles. The van der Waals surface area contributed by atoms with Gasteiger partial charge in [-0.3, -0.25) is 4.79 Å². The summed E-state index contributed by atoms with van der Waals surface area (Å²) in [6.45, 7) is 4.93. The zero-order valence-electron chi connectivity index (χ0n) is 15.8. The van der Waals surface area contributed by atoms with Crippen LogP contribution in [0.2, 0.25) is 0 Å². The fourth-order valence-corrected chi connectivity index (χ4v) is 2.35. The van der Waals surface area contributed by atoms with Crippen LogP contribution >= 0.6 is 0 Å². The lowest BCUT2D eigenvalue weighted by Crippen LogP contribution is -2.12. The number of hydrogen-bond acceptors (Lipinski definition) is 5. The number of rotatable bonds is 10. The van der Waals surface area contributed by atoms with Gasteiger partial charge in [0.05, 0.1) is 5.56 Å². The summed E-state index contributed by atoms with van der Waals surface area (Å²) < 4.78 is 10.7. The van der Waals surface area contributed by atoms with Crippen LogP contribution in [0.25, 0.3) is 0 Å². The number of hydrogen-bond donors (Lipinski definition) is 2. The first kappa shape index (κ1) is 20.3. The van der Waals surface area contributed by atoms with Crippen LogP contribution in [0.5, 0.6) is 5.75 Å². The van der Waals surface area contributed by atoms with Crippen LogP contribution < -0.4 is 15.4 Å². The molecule has 0 heterocycles. The Balaban J connectivity index is 1.70. The van der Waals surface area contributed by atoms with Crippen LogP contribution in [-0.2, 0) is 9.53 Å². The van der Waals surface area contributed by atoms with Crippen molar-refractivity contribution < 1.29 is 19.1 Å². The zero-order valence-corrected chi connectivity index (χ0v) is 15.8. The number of benzene rings is 2. The molecule has 0 saturated heterocycles. The maximum atomic E-state index is 12.0. The van der Waals surface area contributed by atoms with Gasteiger partial charge in [-0.05, 0) is 55.0 Å². The van der Waals surface area contributed by atoms with Gasteiger partial charge < -0.3 is 20.1 Å². The molecular formula is C21H26N2O4. The number of carbonyl (C=O) groups is 2. The third kappa shape index (κ3) is 7.40. The van der Waals surface area contributed by atoms with E-state index in [2.05, 4.69) is 17.6 Å². The summed E-state index contributed by atoms with van der Waals surface area (Å²) >= 11 is 0. The van der Waals surface area contributed by atoms with Gasteiger partial charge in [0.25, 0.3) is 0 Å². The Morgan fingerprint density at radius 2 is 1.59 bits per heavy atom. The molecular weight excluding hydrogens is 344 g/mol. The molecule has 144 valence electrons. The molecule has 0 aliphatic heterocycles. The first-order valence-electron chi connectivity index (χ1n) is 9.10. The van der Waals surface area contributed by atoms with Gasteiger partial charge in [0.1, 0.15) is 19.0 Å². The average Bonchev–Trinajstić information content (AvgIpc) is 2.66. The number of unbranched alkanes of at least 4 members (excludes halogenated alkanes) is 1. The smallest absolute Gasteiger partial charge is 0.338 e. The van der Waals surface area contributed by atoms with E-state index in [1.54, 1.807) is 36.4 Å². The van der Waals surface area contributed by atoms with E-state index < -0.39 is 0 Å². The maximum absolute atomic E-state index is 12.0. The molecule has 0 fully saturated rings. The minimum Gasteiger partial charge on any atom is -0.490 e. The molecule has 2 aromatic rings. The third-order valence-corrected chi connectivity index (χ3v) is 3.74. The van der Waals surface area contributed by atoms with Gasteiger partial charge in [0.2, 0.25) is 5.91 Å². The molecule has 0 atom stereocenters. The summed E-state index contributed by atoms with van der Waals surface area (Å²) in [6.07, 6.45) is 2.25. The minimum atomic E-state index is -0.375. The molecule has 0 unspecified atom stereocenters. The van der Waals surface area contributed by atoms with E-state index in [1.165, 1.54) is 6.92 Å². The highest BCUT2D eigenvalue weighted by molar-refractivity contribution is 5.90. The highest BCUT2D eigenvalue weighted by atomic mass is 16.6. The van der Waals surface area contributed by atoms with Crippen molar-refractivity contribution in [3.63, 3.8) is 0 Å². The monoisotopic (exact) mass is 370 g/mol. The molecule has 1 amide bonds. The van der Waals surface area contributed by atoms with Crippen molar-refractivity contribution in [2.75, 3.05) is 30.4 Å². The van der Waals surface area contributed by atoms with E-state index in [0.717, 1.165) is 25.1 Å². The second-order valence-corrected chi connectivity index (χ2v) is 6.05. The van der Waals surface area contributed by atoms with Crippen molar-refractivity contribution >= 4 is 23.3 Å². The predicted molar refractivity (Wildman–Crippen MR) is 106 cm³/mol. The molecule has 27 heavy (non-hydrogen) atoms. The normalized spacial score (nSPS) is 10.1. The largest absolute Gasteiger partial charge is 0.490 e. The van der Waals surface area contributed by atoms with Gasteiger partial charge >= 0.3 is 5.97 Å². The number of nitrogens with one attached hydrogen (secondary N) is 2. The fraction of sp³-hybridized carbons (Fsp3) is 0.333. The molecule has 6 heteroatoms. The molecule has 0 bridgehead atoms. The van der Waals surface area contributed by atoms with Crippen LogP contribution in [0.1, 0.15) is 37.0 Å². The lowest BCUT2D eigenvalue weighted by Gasteiger charge is -2.09. The van der Waals surface area contributed by atoms with Gasteiger partial charge in [-0.2, -0.15) is 0 Å². The zero-order chi connectivity index (χ0) is 19.5. The average molecular weight is 370 g/mol. The van der Waals surface area contributed by atoms with Gasteiger partial charge in [-0.1, -0.05) is 13.3 Å². The Labute approximate surface area is 159 Å². The number of ether oxygens (including phenoxy) is 2. The third-order valence-electron chi connectivity index (χ3n) is 3.74. The van der Waals surface area contributed by atoms with Crippen molar-refractivity contribution in [1.82, 2.24) is 0 Å². The minimum absolute atomic E-state index is 0.125. The van der Waals surface area contributed by atoms with E-state index in [9.17, 15) is 9.59 Å². The van der Waals surface area contributed by atoms with Crippen LogP contribution in [-0.4, -0.2) is 31.6 Å². The van der Waals surface area contributed by atoms with E-state index in [1.807, 2.05) is 12.1 Å². The fourth-order valence-electron chi connectivity index (χ4n) is 2.35. The number of esters is 1. The van der Waals surface area contributed by atoms with Crippen molar-refractivity contribution in [1.29, 1.82) is 0 Å². The molecule has 2 aromatic carbocycles. The standard InChI is InChI=1S/C21H26N2O4/c1-3-4-13-22-18-7-5-17(6-8-18)21(25)27-15-14-26-20-11-9-19(10-12-20)23-16(2)24/h5-12,22H,3-4,13-15H2,1-2H3,(H,23,24). The topological polar surface area (TPSA) is 76.7 Å². The number of anilines is 2. The van der Waals surface area contributed by atoms with Gasteiger partial charge in [0, 0.05) is 24.8 Å². The second-order valence-electron chi connectivity index (χ2n) is 6.05. The van der Waals surface area contributed by atoms with E-state index in [-0.39, 0.29) is 25.1 Å². The SMILES string of the molecule is CCCCNc1ccc(C(=O)OCCOc2ccc(NC(C)=O)cc2)cc1. The molecule has 0 radical (unpaired) electrons. The summed E-state index contributed by atoms with van der Waals surface area (Å²) in [7, 11) is 0. The predicted octanol–water partition coefficient (Wildman–Crippen LogP) is 4.09. The summed E-state index contributed by atoms with van der Waals surface area (Å²) in [6, 6.07) is 14.2. The molecule has 0 aliphatic rings. The lowest BCUT2D eigenvalue weighted by molar-refractivity contribution is -0.114. The molecule has 0 aliphatic carbocycles. The quantitative estimate of drug-likeness (QED) is 0.486. The summed E-state index contributed by atoms with van der Waals surface area (Å²) in [5, 5.41) is 5.98. The van der Waals surface area contributed by atoms with Crippen LogP contribution in [0, 0.1) is 0 Å². The molecule has 0 saturated carbocycles. The van der Waals surface area contributed by atoms with Crippen molar-refractivity contribution in [2.24, 2.45) is 0 Å². The number of carbonyl (C=O) groups excluding carboxylic acids is 2. The molecule has 2 rings (SSSR count). The van der Waals surface area contributed by atoms with E-state index in [0.29, 0.717) is 17.0 Å². The van der Waals surface area contributed by atoms with Gasteiger partial charge in [-0.15, -0.1) is 0 Å². The van der Waals surface area contributed by atoms with Crippen LogP contribution in [0.3, 0.4) is 0 Å². The van der Waals surface area contributed by atoms with Crippen molar-refractivity contribution in [3.05, 3.63) is 54.1 Å². The summed E-state index contributed by atoms with van der Waals surface area (Å²) in [5.41, 5.74) is 2.20. The van der Waals surface area contributed by atoms with E-state index >= 15 is 0 Å². The van der Waals surface area contributed by atoms with Crippen LogP contribution in [0.15, 0.2) is 48.5 Å². The first-order chi connectivity index (χ1) is 13.1.